The zero-order chi connectivity index (χ0) is 12.0. The van der Waals surface area contributed by atoms with Gasteiger partial charge in [-0.1, -0.05) is 13.8 Å². The molecule has 4 heteroatoms. The van der Waals surface area contributed by atoms with Gasteiger partial charge in [-0.15, -0.1) is 0 Å². The predicted molar refractivity (Wildman–Crippen MR) is 64.1 cm³/mol. The molecule has 1 unspecified atom stereocenters. The average molecular weight is 220 g/mol. The molecule has 0 fully saturated rings. The van der Waals surface area contributed by atoms with E-state index in [1.54, 1.807) is 0 Å². The number of hydrogen-bond donors (Lipinski definition) is 1. The Morgan fingerprint density at radius 1 is 1.50 bits per heavy atom. The Balaban J connectivity index is 2.65. The van der Waals surface area contributed by atoms with Gasteiger partial charge < -0.3 is 5.32 Å². The minimum absolute atomic E-state index is 0.0843. The van der Waals surface area contributed by atoms with E-state index in [2.05, 4.69) is 36.4 Å². The van der Waals surface area contributed by atoms with Crippen molar-refractivity contribution in [3.8, 4) is 6.07 Å². The molecule has 0 aliphatic carbocycles. The molecule has 1 atom stereocenters. The number of hydrogen-bond acceptors (Lipinski definition) is 3. The van der Waals surface area contributed by atoms with Crippen molar-refractivity contribution < 1.29 is 0 Å². The summed E-state index contributed by atoms with van der Waals surface area (Å²) in [5, 5.41) is 16.3. The Labute approximate surface area is 97.3 Å². The normalized spacial score (nSPS) is 12.4. The molecule has 0 radical (unpaired) electrons. The predicted octanol–water partition coefficient (Wildman–Crippen LogP) is 1.51. The van der Waals surface area contributed by atoms with E-state index in [-0.39, 0.29) is 6.04 Å². The summed E-state index contributed by atoms with van der Waals surface area (Å²) < 4.78 is 2.03. The number of nitrogens with one attached hydrogen (secondary N) is 1. The van der Waals surface area contributed by atoms with Crippen LogP contribution in [0.1, 0.15) is 31.7 Å². The summed E-state index contributed by atoms with van der Waals surface area (Å²) >= 11 is 0. The highest BCUT2D eigenvalue weighted by atomic mass is 15.3. The third-order valence-corrected chi connectivity index (χ3v) is 2.77. The third kappa shape index (κ3) is 3.07. The van der Waals surface area contributed by atoms with E-state index in [0.717, 1.165) is 31.5 Å². The van der Waals surface area contributed by atoms with Crippen molar-refractivity contribution >= 4 is 0 Å². The maximum atomic E-state index is 8.84. The van der Waals surface area contributed by atoms with Crippen LogP contribution >= 0.6 is 0 Å². The van der Waals surface area contributed by atoms with Gasteiger partial charge in [0.15, 0.2) is 0 Å². The van der Waals surface area contributed by atoms with Gasteiger partial charge in [-0.05, 0) is 32.4 Å². The van der Waals surface area contributed by atoms with Crippen molar-refractivity contribution in [2.45, 2.75) is 45.7 Å². The fourth-order valence-corrected chi connectivity index (χ4v) is 1.69. The number of aryl methyl sites for hydroxylation is 3. The first-order valence-electron chi connectivity index (χ1n) is 5.87. The van der Waals surface area contributed by atoms with Crippen LogP contribution in [0, 0.1) is 11.3 Å². The second-order valence-corrected chi connectivity index (χ2v) is 3.82. The number of aromatic nitrogens is 2. The van der Waals surface area contributed by atoms with Gasteiger partial charge in [-0.3, -0.25) is 4.68 Å². The Morgan fingerprint density at radius 2 is 2.25 bits per heavy atom. The molecular formula is C12H20N4. The van der Waals surface area contributed by atoms with Gasteiger partial charge in [0.05, 0.1) is 17.8 Å². The lowest BCUT2D eigenvalue weighted by Gasteiger charge is -2.09. The molecule has 4 nitrogen and oxygen atoms in total. The minimum atomic E-state index is -0.0843. The Morgan fingerprint density at radius 3 is 2.75 bits per heavy atom. The first-order valence-corrected chi connectivity index (χ1v) is 5.87. The average Bonchev–Trinajstić information content (AvgIpc) is 2.73. The van der Waals surface area contributed by atoms with Crippen LogP contribution in [0.15, 0.2) is 6.07 Å². The van der Waals surface area contributed by atoms with E-state index in [0.29, 0.717) is 0 Å². The van der Waals surface area contributed by atoms with E-state index < -0.39 is 0 Å². The molecule has 0 bridgehead atoms. The second kappa shape index (κ2) is 6.29. The lowest BCUT2D eigenvalue weighted by molar-refractivity contribution is 0.503. The van der Waals surface area contributed by atoms with Crippen LogP contribution < -0.4 is 5.32 Å². The Kier molecular flexibility index (Phi) is 5.00. The van der Waals surface area contributed by atoms with Crippen molar-refractivity contribution in [2.75, 3.05) is 7.05 Å². The van der Waals surface area contributed by atoms with Crippen LogP contribution in [-0.2, 0) is 19.4 Å². The van der Waals surface area contributed by atoms with Crippen molar-refractivity contribution in [1.82, 2.24) is 15.1 Å². The number of nitriles is 1. The van der Waals surface area contributed by atoms with Crippen molar-refractivity contribution in [3.05, 3.63) is 17.5 Å². The summed E-state index contributed by atoms with van der Waals surface area (Å²) in [6.07, 6.45) is 2.75. The van der Waals surface area contributed by atoms with Gasteiger partial charge in [0.2, 0.25) is 0 Å². The smallest absolute Gasteiger partial charge is 0.0968 e. The molecule has 0 spiro atoms. The van der Waals surface area contributed by atoms with Crippen LogP contribution in [0.3, 0.4) is 0 Å². The van der Waals surface area contributed by atoms with Crippen molar-refractivity contribution in [1.29, 1.82) is 5.26 Å². The largest absolute Gasteiger partial charge is 0.305 e. The van der Waals surface area contributed by atoms with Gasteiger partial charge in [-0.25, -0.2) is 0 Å². The molecule has 1 heterocycles. The number of rotatable bonds is 6. The zero-order valence-electron chi connectivity index (χ0n) is 10.3. The van der Waals surface area contributed by atoms with E-state index in [1.807, 2.05) is 11.7 Å². The van der Waals surface area contributed by atoms with Gasteiger partial charge in [-0.2, -0.15) is 10.4 Å². The monoisotopic (exact) mass is 220 g/mol. The molecule has 88 valence electrons. The molecule has 0 amide bonds. The molecule has 0 aliphatic heterocycles. The molecule has 0 aromatic carbocycles. The molecular weight excluding hydrogens is 200 g/mol. The van der Waals surface area contributed by atoms with E-state index >= 15 is 0 Å². The van der Waals surface area contributed by atoms with Gasteiger partial charge in [0, 0.05) is 12.2 Å². The highest BCUT2D eigenvalue weighted by Gasteiger charge is 2.08. The summed E-state index contributed by atoms with van der Waals surface area (Å²) in [6.45, 7) is 5.05. The van der Waals surface area contributed by atoms with Crippen LogP contribution in [-0.4, -0.2) is 22.9 Å². The first kappa shape index (κ1) is 12.7. The fourth-order valence-electron chi connectivity index (χ4n) is 1.69. The lowest BCUT2D eigenvalue weighted by Crippen LogP contribution is -2.25. The fraction of sp³-hybridized carbons (Fsp3) is 0.667. The van der Waals surface area contributed by atoms with Crippen LogP contribution in [0.5, 0.6) is 0 Å². The number of nitrogens with zero attached hydrogens (tertiary/aromatic N) is 3. The maximum absolute atomic E-state index is 8.84. The third-order valence-electron chi connectivity index (χ3n) is 2.77. The lowest BCUT2D eigenvalue weighted by atomic mass is 10.2. The van der Waals surface area contributed by atoms with Gasteiger partial charge in [0.1, 0.15) is 0 Å². The quantitative estimate of drug-likeness (QED) is 0.790. The van der Waals surface area contributed by atoms with Crippen LogP contribution in [0.25, 0.3) is 0 Å². The summed E-state index contributed by atoms with van der Waals surface area (Å²) in [7, 11) is 1.81. The SMILES string of the molecule is CCc1cc(CC)n(CCC(C#N)NC)n1. The summed E-state index contributed by atoms with van der Waals surface area (Å²) in [5.41, 5.74) is 2.39. The van der Waals surface area contributed by atoms with Crippen LogP contribution in [0.2, 0.25) is 0 Å². The molecule has 1 aromatic heterocycles. The van der Waals surface area contributed by atoms with Gasteiger partial charge >= 0.3 is 0 Å². The molecule has 16 heavy (non-hydrogen) atoms. The molecule has 0 aliphatic rings. The second-order valence-electron chi connectivity index (χ2n) is 3.82. The maximum Gasteiger partial charge on any atom is 0.0968 e. The van der Waals surface area contributed by atoms with E-state index in [4.69, 9.17) is 5.26 Å². The topological polar surface area (TPSA) is 53.6 Å². The highest BCUT2D eigenvalue weighted by molar-refractivity contribution is 5.10. The van der Waals surface area contributed by atoms with Crippen molar-refractivity contribution in [3.63, 3.8) is 0 Å². The summed E-state index contributed by atoms with van der Waals surface area (Å²) in [4.78, 5) is 0. The summed E-state index contributed by atoms with van der Waals surface area (Å²) in [5.74, 6) is 0. The van der Waals surface area contributed by atoms with Crippen molar-refractivity contribution in [2.24, 2.45) is 0 Å². The summed E-state index contributed by atoms with van der Waals surface area (Å²) in [6, 6.07) is 4.30. The van der Waals surface area contributed by atoms with Gasteiger partial charge in [0.25, 0.3) is 0 Å². The minimum Gasteiger partial charge on any atom is -0.305 e. The highest BCUT2D eigenvalue weighted by Crippen LogP contribution is 2.07. The Bertz CT molecular complexity index is 362. The molecule has 0 saturated carbocycles. The Hall–Kier alpha value is -1.34. The molecule has 1 N–H and O–H groups in total. The molecule has 0 saturated heterocycles. The molecule has 1 rings (SSSR count). The van der Waals surface area contributed by atoms with E-state index in [1.165, 1.54) is 5.69 Å². The standard InChI is InChI=1S/C12H20N4/c1-4-10-8-12(5-2)16(15-10)7-6-11(9-13)14-3/h8,11,14H,4-7H2,1-3H3. The zero-order valence-corrected chi connectivity index (χ0v) is 10.3. The molecule has 1 aromatic rings. The van der Waals surface area contributed by atoms with E-state index in [9.17, 15) is 0 Å². The van der Waals surface area contributed by atoms with Crippen LogP contribution in [0.4, 0.5) is 0 Å². The first-order chi connectivity index (χ1) is 7.74.